The summed E-state index contributed by atoms with van der Waals surface area (Å²) in [6, 6.07) is 16.3. The van der Waals surface area contributed by atoms with Gasteiger partial charge in [0.1, 0.15) is 0 Å². The first-order chi connectivity index (χ1) is 18.8. The van der Waals surface area contributed by atoms with Crippen LogP contribution in [0.25, 0.3) is 17.2 Å². The standard InChI is InChI=1S/C32H34ClN3O3/c1-35(2)27-11-9-23(10-12-27)24-7-8-26(30(33)17-24)20-36(32(38)29-16-21-4-6-25(29)14-21)28-15-22(18-34-19-28)5-13-31(37)39-3/h5,7-13,15,17-19,21,25,29H,4,6,14,16,20H2,1-3H3/b13-5+/t21-,25+,29-/m1/s1. The summed E-state index contributed by atoms with van der Waals surface area (Å²) in [5.74, 6) is 0.797. The number of halogens is 1. The molecule has 0 spiro atoms. The van der Waals surface area contributed by atoms with Gasteiger partial charge in [0.05, 0.1) is 25.5 Å². The third-order valence-electron chi connectivity index (χ3n) is 8.09. The van der Waals surface area contributed by atoms with Crippen molar-refractivity contribution in [2.75, 3.05) is 31.0 Å². The number of aromatic nitrogens is 1. The molecule has 0 saturated heterocycles. The van der Waals surface area contributed by atoms with E-state index in [2.05, 4.69) is 40.2 Å². The van der Waals surface area contributed by atoms with E-state index in [0.29, 0.717) is 34.7 Å². The van der Waals surface area contributed by atoms with Crippen molar-refractivity contribution < 1.29 is 14.3 Å². The number of nitrogens with zero attached hydrogens (tertiary/aromatic N) is 3. The Bertz CT molecular complexity index is 1390. The number of fused-ring (bicyclic) bond motifs is 2. The smallest absolute Gasteiger partial charge is 0.330 e. The van der Waals surface area contributed by atoms with Gasteiger partial charge in [-0.05, 0) is 83.7 Å². The van der Waals surface area contributed by atoms with Crippen molar-refractivity contribution in [2.45, 2.75) is 32.2 Å². The molecule has 2 aliphatic rings. The van der Waals surface area contributed by atoms with Crippen molar-refractivity contribution in [3.8, 4) is 11.1 Å². The van der Waals surface area contributed by atoms with E-state index in [1.807, 2.05) is 37.2 Å². The molecule has 6 nitrogen and oxygen atoms in total. The summed E-state index contributed by atoms with van der Waals surface area (Å²) in [4.78, 5) is 33.9. The molecule has 7 heteroatoms. The largest absolute Gasteiger partial charge is 0.466 e. The van der Waals surface area contributed by atoms with E-state index in [0.717, 1.165) is 41.6 Å². The van der Waals surface area contributed by atoms with Gasteiger partial charge in [0.2, 0.25) is 5.91 Å². The van der Waals surface area contributed by atoms with Gasteiger partial charge in [-0.3, -0.25) is 9.78 Å². The number of hydrogen-bond acceptors (Lipinski definition) is 5. The lowest BCUT2D eigenvalue weighted by molar-refractivity contribution is -0.134. The van der Waals surface area contributed by atoms with Crippen LogP contribution < -0.4 is 9.80 Å². The maximum absolute atomic E-state index is 14.0. The molecule has 1 amide bonds. The third kappa shape index (κ3) is 6.01. The van der Waals surface area contributed by atoms with Crippen molar-refractivity contribution in [1.82, 2.24) is 4.98 Å². The summed E-state index contributed by atoms with van der Waals surface area (Å²) < 4.78 is 4.71. The maximum atomic E-state index is 14.0. The maximum Gasteiger partial charge on any atom is 0.330 e. The molecule has 3 atom stereocenters. The van der Waals surface area contributed by atoms with Crippen LogP contribution in [-0.2, 0) is 20.9 Å². The quantitative estimate of drug-likeness (QED) is 0.236. The van der Waals surface area contributed by atoms with Crippen LogP contribution in [0.4, 0.5) is 11.4 Å². The predicted octanol–water partition coefficient (Wildman–Crippen LogP) is 6.62. The molecular formula is C32H34ClN3O3. The molecule has 2 fully saturated rings. The molecule has 2 saturated carbocycles. The number of esters is 1. The van der Waals surface area contributed by atoms with Crippen LogP contribution in [0.1, 0.15) is 36.8 Å². The highest BCUT2D eigenvalue weighted by atomic mass is 35.5. The lowest BCUT2D eigenvalue weighted by atomic mass is 9.87. The average Bonchev–Trinajstić information content (AvgIpc) is 3.59. The van der Waals surface area contributed by atoms with Crippen molar-refractivity contribution in [3.05, 3.63) is 83.2 Å². The normalized spacial score (nSPS) is 19.8. The van der Waals surface area contributed by atoms with E-state index in [1.165, 1.54) is 19.6 Å². The molecule has 0 radical (unpaired) electrons. The molecule has 1 aromatic heterocycles. The summed E-state index contributed by atoms with van der Waals surface area (Å²) in [7, 11) is 5.38. The fraction of sp³-hybridized carbons (Fsp3) is 0.344. The second-order valence-electron chi connectivity index (χ2n) is 10.8. The zero-order valence-corrected chi connectivity index (χ0v) is 23.4. The van der Waals surface area contributed by atoms with Crippen molar-refractivity contribution >= 4 is 40.9 Å². The Morgan fingerprint density at radius 3 is 2.41 bits per heavy atom. The molecule has 3 aromatic rings. The summed E-state index contributed by atoms with van der Waals surface area (Å²) in [6.07, 6.45) is 10.8. The van der Waals surface area contributed by atoms with Crippen LogP contribution >= 0.6 is 11.6 Å². The number of pyridine rings is 1. The van der Waals surface area contributed by atoms with Gasteiger partial charge in [-0.2, -0.15) is 0 Å². The lowest BCUT2D eigenvalue weighted by Gasteiger charge is -2.30. The Kier molecular flexibility index (Phi) is 8.03. The van der Waals surface area contributed by atoms with Gasteiger partial charge in [0.15, 0.2) is 0 Å². The second kappa shape index (κ2) is 11.6. The summed E-state index contributed by atoms with van der Waals surface area (Å²) in [5.41, 5.74) is 5.52. The average molecular weight is 544 g/mol. The number of benzene rings is 2. The number of hydrogen-bond donors (Lipinski definition) is 0. The van der Waals surface area contributed by atoms with Crippen LogP contribution in [0, 0.1) is 17.8 Å². The highest BCUT2D eigenvalue weighted by Crippen LogP contribution is 2.49. The minimum atomic E-state index is -0.446. The first-order valence-electron chi connectivity index (χ1n) is 13.4. The molecule has 0 aliphatic heterocycles. The van der Waals surface area contributed by atoms with Crippen LogP contribution in [0.3, 0.4) is 0 Å². The zero-order valence-electron chi connectivity index (χ0n) is 22.6. The SMILES string of the molecule is COC(=O)/C=C/c1cncc(N(Cc2ccc(-c3ccc(N(C)C)cc3)cc2Cl)C(=O)[C@@H]2C[C@@H]3CC[C@H]2C3)c1. The molecule has 0 N–H and O–H groups in total. The Morgan fingerprint density at radius 1 is 1.00 bits per heavy atom. The fourth-order valence-corrected chi connectivity index (χ4v) is 6.18. The molecule has 2 aliphatic carbocycles. The van der Waals surface area contributed by atoms with E-state index >= 15 is 0 Å². The van der Waals surface area contributed by atoms with E-state index < -0.39 is 5.97 Å². The predicted molar refractivity (Wildman–Crippen MR) is 157 cm³/mol. The number of carbonyl (C=O) groups excluding carboxylic acids is 2. The van der Waals surface area contributed by atoms with Crippen molar-refractivity contribution in [1.29, 1.82) is 0 Å². The molecule has 2 aromatic carbocycles. The fourth-order valence-electron chi connectivity index (χ4n) is 5.94. The molecule has 202 valence electrons. The molecule has 1 heterocycles. The summed E-state index contributed by atoms with van der Waals surface area (Å²) in [6.45, 7) is 0.344. The van der Waals surface area contributed by atoms with Crippen LogP contribution in [0.15, 0.2) is 67.0 Å². The summed E-state index contributed by atoms with van der Waals surface area (Å²) in [5, 5.41) is 0.615. The number of anilines is 2. The Labute approximate surface area is 235 Å². The van der Waals surface area contributed by atoms with Gasteiger partial charge in [-0.15, -0.1) is 0 Å². The second-order valence-corrected chi connectivity index (χ2v) is 11.2. The number of carbonyl (C=O) groups is 2. The Hall–Kier alpha value is -3.64. The zero-order chi connectivity index (χ0) is 27.5. The van der Waals surface area contributed by atoms with Crippen molar-refractivity contribution in [2.24, 2.45) is 17.8 Å². The molecule has 2 bridgehead atoms. The van der Waals surface area contributed by atoms with Gasteiger partial charge in [-0.1, -0.05) is 42.3 Å². The van der Waals surface area contributed by atoms with Gasteiger partial charge in [0.25, 0.3) is 0 Å². The summed E-state index contributed by atoms with van der Waals surface area (Å²) >= 11 is 6.83. The van der Waals surface area contributed by atoms with Gasteiger partial charge >= 0.3 is 5.97 Å². The minimum absolute atomic E-state index is 0.0197. The van der Waals surface area contributed by atoms with Gasteiger partial charge in [-0.25, -0.2) is 4.79 Å². The van der Waals surface area contributed by atoms with Crippen LogP contribution in [-0.4, -0.2) is 38.1 Å². The molecular weight excluding hydrogens is 510 g/mol. The Balaban J connectivity index is 1.44. The number of rotatable bonds is 8. The molecule has 0 unspecified atom stereocenters. The van der Waals surface area contributed by atoms with E-state index in [9.17, 15) is 9.59 Å². The first-order valence-corrected chi connectivity index (χ1v) is 13.8. The highest BCUT2D eigenvalue weighted by Gasteiger charge is 2.44. The number of ether oxygens (including phenoxy) is 1. The minimum Gasteiger partial charge on any atom is -0.466 e. The monoisotopic (exact) mass is 543 g/mol. The van der Waals surface area contributed by atoms with Gasteiger partial charge < -0.3 is 14.5 Å². The van der Waals surface area contributed by atoms with Crippen LogP contribution in [0.5, 0.6) is 0 Å². The number of methoxy groups -OCH3 is 1. The molecule has 5 rings (SSSR count). The Morgan fingerprint density at radius 2 is 1.77 bits per heavy atom. The highest BCUT2D eigenvalue weighted by molar-refractivity contribution is 6.31. The van der Waals surface area contributed by atoms with Gasteiger partial charge in [0, 0.05) is 43.0 Å². The van der Waals surface area contributed by atoms with Crippen LogP contribution in [0.2, 0.25) is 5.02 Å². The number of amides is 1. The van der Waals surface area contributed by atoms with E-state index in [1.54, 1.807) is 18.5 Å². The first kappa shape index (κ1) is 26.9. The van der Waals surface area contributed by atoms with E-state index in [4.69, 9.17) is 16.3 Å². The molecule has 39 heavy (non-hydrogen) atoms. The lowest BCUT2D eigenvalue weighted by Crippen LogP contribution is -2.38. The topological polar surface area (TPSA) is 62.7 Å². The third-order valence-corrected chi connectivity index (χ3v) is 8.44. The van der Waals surface area contributed by atoms with Crippen molar-refractivity contribution in [3.63, 3.8) is 0 Å². The van der Waals surface area contributed by atoms with E-state index in [-0.39, 0.29) is 11.8 Å².